The molecule has 0 aromatic heterocycles. The van der Waals surface area contributed by atoms with E-state index in [9.17, 15) is 0 Å². The van der Waals surface area contributed by atoms with E-state index in [0.717, 1.165) is 31.9 Å². The van der Waals surface area contributed by atoms with Crippen LogP contribution >= 0.6 is 0 Å². The summed E-state index contributed by atoms with van der Waals surface area (Å²) in [5, 5.41) is 3.28. The summed E-state index contributed by atoms with van der Waals surface area (Å²) in [4.78, 5) is 2.31. The third kappa shape index (κ3) is 6.04. The van der Waals surface area contributed by atoms with Gasteiger partial charge in [-0.2, -0.15) is 0 Å². The molecule has 1 aromatic carbocycles. The number of hydrogen-bond donors (Lipinski definition) is 1. The van der Waals surface area contributed by atoms with Crippen LogP contribution in [-0.2, 0) is 11.3 Å². The molecule has 0 saturated heterocycles. The average Bonchev–Trinajstić information content (AvgIpc) is 2.48. The molecular weight excluding hydrogens is 264 g/mol. The third-order valence-electron chi connectivity index (χ3n) is 3.65. The Kier molecular flexibility index (Phi) is 8.35. The van der Waals surface area contributed by atoms with Gasteiger partial charge in [-0.1, -0.05) is 6.07 Å². The molecule has 120 valence electrons. The van der Waals surface area contributed by atoms with E-state index in [1.54, 1.807) is 7.11 Å². The summed E-state index contributed by atoms with van der Waals surface area (Å²) in [6, 6.07) is 6.82. The number of hydrogen-bond acceptors (Lipinski definition) is 4. The van der Waals surface area contributed by atoms with Crippen molar-refractivity contribution in [2.45, 2.75) is 32.9 Å². The molecule has 0 aliphatic carbocycles. The highest BCUT2D eigenvalue weighted by Crippen LogP contribution is 2.24. The molecule has 0 amide bonds. The number of ether oxygens (including phenoxy) is 2. The fourth-order valence-corrected chi connectivity index (χ4v) is 2.30. The van der Waals surface area contributed by atoms with Crippen LogP contribution in [0.1, 0.15) is 37.4 Å². The van der Waals surface area contributed by atoms with Crippen LogP contribution in [0.5, 0.6) is 5.75 Å². The zero-order chi connectivity index (χ0) is 15.7. The lowest BCUT2D eigenvalue weighted by atomic mass is 10.0. The summed E-state index contributed by atoms with van der Waals surface area (Å²) in [6.45, 7) is 7.60. The quantitative estimate of drug-likeness (QED) is 0.673. The molecule has 1 N–H and O–H groups in total. The summed E-state index contributed by atoms with van der Waals surface area (Å²) < 4.78 is 10.9. The molecule has 21 heavy (non-hydrogen) atoms. The van der Waals surface area contributed by atoms with Crippen LogP contribution in [0.15, 0.2) is 18.2 Å². The van der Waals surface area contributed by atoms with Gasteiger partial charge in [0, 0.05) is 38.4 Å². The monoisotopic (exact) mass is 294 g/mol. The molecule has 0 bridgehead atoms. The SMILES string of the molecule is CCOc1ccc(C(C)NC)cc1CN(C)CCCOC. The van der Waals surface area contributed by atoms with Gasteiger partial charge in [0.25, 0.3) is 0 Å². The Balaban J connectivity index is 2.79. The molecular formula is C17H30N2O2. The van der Waals surface area contributed by atoms with Gasteiger partial charge in [0.15, 0.2) is 0 Å². The third-order valence-corrected chi connectivity index (χ3v) is 3.65. The molecule has 0 radical (unpaired) electrons. The largest absolute Gasteiger partial charge is 0.494 e. The molecule has 1 rings (SSSR count). The van der Waals surface area contributed by atoms with Crippen molar-refractivity contribution in [3.63, 3.8) is 0 Å². The first-order chi connectivity index (χ1) is 10.1. The average molecular weight is 294 g/mol. The zero-order valence-electron chi connectivity index (χ0n) is 14.1. The Bertz CT molecular complexity index is 410. The second kappa shape index (κ2) is 9.77. The van der Waals surface area contributed by atoms with Gasteiger partial charge >= 0.3 is 0 Å². The number of nitrogens with one attached hydrogen (secondary N) is 1. The fourth-order valence-electron chi connectivity index (χ4n) is 2.30. The predicted octanol–water partition coefficient (Wildman–Crippen LogP) is 2.83. The van der Waals surface area contributed by atoms with Crippen LogP contribution in [0, 0.1) is 0 Å². The van der Waals surface area contributed by atoms with Crippen molar-refractivity contribution in [2.24, 2.45) is 0 Å². The van der Waals surface area contributed by atoms with Gasteiger partial charge in [-0.05, 0) is 52.1 Å². The van der Waals surface area contributed by atoms with Gasteiger partial charge in [0.1, 0.15) is 5.75 Å². The summed E-state index contributed by atoms with van der Waals surface area (Å²) in [6.07, 6.45) is 1.05. The zero-order valence-corrected chi connectivity index (χ0v) is 14.1. The molecule has 0 aliphatic heterocycles. The Morgan fingerprint density at radius 2 is 2.10 bits per heavy atom. The molecule has 0 aliphatic rings. The Morgan fingerprint density at radius 1 is 1.33 bits per heavy atom. The predicted molar refractivity (Wildman–Crippen MR) is 87.9 cm³/mol. The Labute approximate surface area is 129 Å². The lowest BCUT2D eigenvalue weighted by Gasteiger charge is -2.20. The second-order valence-corrected chi connectivity index (χ2v) is 5.39. The van der Waals surface area contributed by atoms with E-state index in [4.69, 9.17) is 9.47 Å². The topological polar surface area (TPSA) is 33.7 Å². The minimum Gasteiger partial charge on any atom is -0.494 e. The molecule has 1 unspecified atom stereocenters. The summed E-state index contributed by atoms with van der Waals surface area (Å²) >= 11 is 0. The number of rotatable bonds is 10. The van der Waals surface area contributed by atoms with Crippen molar-refractivity contribution < 1.29 is 9.47 Å². The van der Waals surface area contributed by atoms with Crippen LogP contribution < -0.4 is 10.1 Å². The molecule has 1 atom stereocenters. The Morgan fingerprint density at radius 3 is 2.71 bits per heavy atom. The van der Waals surface area contributed by atoms with Crippen molar-refractivity contribution >= 4 is 0 Å². The van der Waals surface area contributed by atoms with Gasteiger partial charge < -0.3 is 19.7 Å². The molecule has 1 aromatic rings. The maximum atomic E-state index is 5.76. The first-order valence-corrected chi connectivity index (χ1v) is 7.72. The van der Waals surface area contributed by atoms with Crippen LogP contribution in [0.4, 0.5) is 0 Å². The molecule has 0 saturated carbocycles. The smallest absolute Gasteiger partial charge is 0.123 e. The van der Waals surface area contributed by atoms with Gasteiger partial charge in [-0.15, -0.1) is 0 Å². The minimum absolute atomic E-state index is 0.346. The highest BCUT2D eigenvalue weighted by molar-refractivity contribution is 5.38. The van der Waals surface area contributed by atoms with E-state index in [2.05, 4.69) is 42.4 Å². The number of nitrogens with zero attached hydrogens (tertiary/aromatic N) is 1. The Hall–Kier alpha value is -1.10. The highest BCUT2D eigenvalue weighted by Gasteiger charge is 2.10. The molecule has 0 fully saturated rings. The van der Waals surface area contributed by atoms with E-state index >= 15 is 0 Å². The summed E-state index contributed by atoms with van der Waals surface area (Å²) in [5.74, 6) is 0.989. The standard InChI is InChI=1S/C17H30N2O2/c1-6-21-17-9-8-15(14(2)18-3)12-16(17)13-19(4)10-7-11-20-5/h8-9,12,14,18H,6-7,10-11,13H2,1-5H3. The van der Waals surface area contributed by atoms with Crippen LogP contribution in [0.2, 0.25) is 0 Å². The van der Waals surface area contributed by atoms with Gasteiger partial charge in [-0.3, -0.25) is 0 Å². The van der Waals surface area contributed by atoms with E-state index in [1.807, 2.05) is 14.0 Å². The minimum atomic E-state index is 0.346. The second-order valence-electron chi connectivity index (χ2n) is 5.39. The first-order valence-electron chi connectivity index (χ1n) is 7.72. The highest BCUT2D eigenvalue weighted by atomic mass is 16.5. The fraction of sp³-hybridized carbons (Fsp3) is 0.647. The van der Waals surface area contributed by atoms with Crippen LogP contribution in [-0.4, -0.2) is 45.9 Å². The van der Waals surface area contributed by atoms with Gasteiger partial charge in [-0.25, -0.2) is 0 Å². The van der Waals surface area contributed by atoms with Crippen molar-refractivity contribution in [3.05, 3.63) is 29.3 Å². The molecule has 0 spiro atoms. The van der Waals surface area contributed by atoms with E-state index in [-0.39, 0.29) is 0 Å². The summed E-state index contributed by atoms with van der Waals surface area (Å²) in [7, 11) is 5.87. The van der Waals surface area contributed by atoms with Gasteiger partial charge in [0.2, 0.25) is 0 Å². The maximum absolute atomic E-state index is 5.76. The maximum Gasteiger partial charge on any atom is 0.123 e. The molecule has 0 heterocycles. The lowest BCUT2D eigenvalue weighted by molar-refractivity contribution is 0.177. The van der Waals surface area contributed by atoms with Crippen LogP contribution in [0.3, 0.4) is 0 Å². The van der Waals surface area contributed by atoms with E-state index in [0.29, 0.717) is 12.6 Å². The van der Waals surface area contributed by atoms with E-state index in [1.165, 1.54) is 11.1 Å². The van der Waals surface area contributed by atoms with Crippen molar-refractivity contribution in [1.29, 1.82) is 0 Å². The first kappa shape index (κ1) is 18.0. The number of methoxy groups -OCH3 is 1. The normalized spacial score (nSPS) is 12.7. The van der Waals surface area contributed by atoms with Crippen molar-refractivity contribution in [2.75, 3.05) is 41.0 Å². The van der Waals surface area contributed by atoms with Crippen LogP contribution in [0.25, 0.3) is 0 Å². The molecule has 4 nitrogen and oxygen atoms in total. The van der Waals surface area contributed by atoms with Gasteiger partial charge in [0.05, 0.1) is 6.61 Å². The van der Waals surface area contributed by atoms with Crippen molar-refractivity contribution in [3.8, 4) is 5.75 Å². The summed E-state index contributed by atoms with van der Waals surface area (Å²) in [5.41, 5.74) is 2.54. The number of benzene rings is 1. The van der Waals surface area contributed by atoms with Crippen molar-refractivity contribution in [1.82, 2.24) is 10.2 Å². The lowest BCUT2D eigenvalue weighted by Crippen LogP contribution is -2.21. The molecule has 4 heteroatoms. The van der Waals surface area contributed by atoms with E-state index < -0.39 is 0 Å².